The van der Waals surface area contributed by atoms with Crippen molar-refractivity contribution in [1.82, 2.24) is 14.5 Å². The first-order valence-electron chi connectivity index (χ1n) is 5.22. The Kier molecular flexibility index (Phi) is 3.49. The minimum atomic E-state index is -0.487. The van der Waals surface area contributed by atoms with E-state index < -0.39 is 5.97 Å². The second-order valence-corrected chi connectivity index (χ2v) is 4.00. The summed E-state index contributed by atoms with van der Waals surface area (Å²) < 4.78 is 11.6. The molecule has 0 saturated heterocycles. The van der Waals surface area contributed by atoms with E-state index in [0.717, 1.165) is 0 Å². The van der Waals surface area contributed by atoms with Gasteiger partial charge in [-0.2, -0.15) is 0 Å². The number of carbonyl (C=O) groups is 1. The van der Waals surface area contributed by atoms with Crippen LogP contribution in [0.5, 0.6) is 0 Å². The van der Waals surface area contributed by atoms with E-state index in [9.17, 15) is 4.79 Å². The summed E-state index contributed by atoms with van der Waals surface area (Å²) in [6.07, 6.45) is 2.66. The molecule has 0 fully saturated rings. The summed E-state index contributed by atoms with van der Waals surface area (Å²) in [4.78, 5) is 19.7. The number of esters is 1. The monoisotopic (exact) mass is 269 g/mol. The van der Waals surface area contributed by atoms with Crippen molar-refractivity contribution in [2.45, 2.75) is 13.2 Å². The molecular weight excluding hydrogens is 258 g/mol. The molecule has 0 aliphatic carbocycles. The van der Waals surface area contributed by atoms with Gasteiger partial charge in [-0.05, 0) is 6.92 Å². The zero-order valence-corrected chi connectivity index (χ0v) is 10.9. The molecule has 1 atom stereocenters. The number of hydrogen-bond donors (Lipinski definition) is 0. The fourth-order valence-corrected chi connectivity index (χ4v) is 1.93. The summed E-state index contributed by atoms with van der Waals surface area (Å²) in [7, 11) is 2.88. The largest absolute Gasteiger partial charge is 0.465 e. The second kappa shape index (κ2) is 4.91. The van der Waals surface area contributed by atoms with Crippen molar-refractivity contribution >= 4 is 28.6 Å². The van der Waals surface area contributed by atoms with Crippen LogP contribution in [0.25, 0.3) is 11.0 Å². The minimum absolute atomic E-state index is 0.211. The van der Waals surface area contributed by atoms with Crippen LogP contribution in [-0.4, -0.2) is 34.7 Å². The highest BCUT2D eigenvalue weighted by molar-refractivity contribution is 6.35. The van der Waals surface area contributed by atoms with Gasteiger partial charge in [-0.1, -0.05) is 11.6 Å². The first kappa shape index (κ1) is 12.8. The number of aromatic nitrogens is 3. The summed E-state index contributed by atoms with van der Waals surface area (Å²) >= 11 is 6.01. The topological polar surface area (TPSA) is 66.2 Å². The Bertz CT molecular complexity index is 596. The van der Waals surface area contributed by atoms with E-state index in [0.29, 0.717) is 16.6 Å². The van der Waals surface area contributed by atoms with Gasteiger partial charge in [-0.3, -0.25) is 0 Å². The summed E-state index contributed by atoms with van der Waals surface area (Å²) in [5, 5.41) is 0.678. The number of hydrogen-bond acceptors (Lipinski definition) is 5. The maximum Gasteiger partial charge on any atom is 0.340 e. The Hall–Kier alpha value is -1.66. The van der Waals surface area contributed by atoms with Crippen molar-refractivity contribution in [2.24, 2.45) is 0 Å². The Labute approximate surface area is 108 Å². The van der Waals surface area contributed by atoms with Crippen LogP contribution in [0.1, 0.15) is 23.5 Å². The fraction of sp³-hybridized carbons (Fsp3) is 0.364. The third-order valence-corrected chi connectivity index (χ3v) is 2.99. The lowest BCUT2D eigenvalue weighted by atomic mass is 10.2. The van der Waals surface area contributed by atoms with E-state index >= 15 is 0 Å². The van der Waals surface area contributed by atoms with Crippen LogP contribution in [0, 0.1) is 0 Å². The molecule has 2 heterocycles. The van der Waals surface area contributed by atoms with Gasteiger partial charge in [0.05, 0.1) is 18.1 Å². The molecule has 2 aromatic heterocycles. The van der Waals surface area contributed by atoms with Crippen molar-refractivity contribution < 1.29 is 14.3 Å². The first-order chi connectivity index (χ1) is 8.60. The number of nitrogens with zero attached hydrogens (tertiary/aromatic N) is 3. The molecular formula is C11H12ClN3O3. The molecule has 2 aromatic rings. The van der Waals surface area contributed by atoms with Crippen molar-refractivity contribution in [3.8, 4) is 0 Å². The summed E-state index contributed by atoms with van der Waals surface area (Å²) in [6, 6.07) is 0. The summed E-state index contributed by atoms with van der Waals surface area (Å²) in [5.41, 5.74) is 0.853. The average molecular weight is 270 g/mol. The van der Waals surface area contributed by atoms with E-state index in [1.165, 1.54) is 13.4 Å². The number of methoxy groups -OCH3 is 2. The van der Waals surface area contributed by atoms with Crippen LogP contribution in [0.3, 0.4) is 0 Å². The van der Waals surface area contributed by atoms with Crippen LogP contribution in [-0.2, 0) is 9.47 Å². The number of carbonyl (C=O) groups excluding carboxylic acids is 1. The Balaban J connectivity index is 2.75. The van der Waals surface area contributed by atoms with Gasteiger partial charge in [0.25, 0.3) is 0 Å². The molecule has 18 heavy (non-hydrogen) atoms. The van der Waals surface area contributed by atoms with Crippen LogP contribution >= 0.6 is 11.6 Å². The highest BCUT2D eigenvalue weighted by Gasteiger charge is 2.21. The van der Waals surface area contributed by atoms with Crippen LogP contribution in [0.4, 0.5) is 0 Å². The van der Waals surface area contributed by atoms with Crippen LogP contribution in [0.15, 0.2) is 12.5 Å². The molecule has 0 spiro atoms. The minimum Gasteiger partial charge on any atom is -0.465 e. The van der Waals surface area contributed by atoms with Gasteiger partial charge < -0.3 is 14.0 Å². The molecule has 6 nitrogen and oxygen atoms in total. The SMILES string of the molecule is COC(=O)c1cn([C@@H](C)OC)c2ncnc(Cl)c12. The molecule has 0 aliphatic rings. The molecule has 0 radical (unpaired) electrons. The molecule has 0 amide bonds. The Morgan fingerprint density at radius 2 is 2.17 bits per heavy atom. The van der Waals surface area contributed by atoms with E-state index in [1.54, 1.807) is 17.9 Å². The number of halogens is 1. The maximum absolute atomic E-state index is 11.7. The van der Waals surface area contributed by atoms with Gasteiger partial charge in [-0.15, -0.1) is 0 Å². The van der Waals surface area contributed by atoms with E-state index in [-0.39, 0.29) is 11.4 Å². The normalized spacial score (nSPS) is 12.7. The van der Waals surface area contributed by atoms with Gasteiger partial charge in [0.2, 0.25) is 0 Å². The number of fused-ring (bicyclic) bond motifs is 1. The van der Waals surface area contributed by atoms with Gasteiger partial charge in [0.15, 0.2) is 0 Å². The molecule has 0 unspecified atom stereocenters. The maximum atomic E-state index is 11.7. The van der Waals surface area contributed by atoms with Crippen molar-refractivity contribution in [2.75, 3.05) is 14.2 Å². The van der Waals surface area contributed by atoms with Gasteiger partial charge >= 0.3 is 5.97 Å². The Morgan fingerprint density at radius 1 is 1.44 bits per heavy atom. The Morgan fingerprint density at radius 3 is 2.78 bits per heavy atom. The highest BCUT2D eigenvalue weighted by Crippen LogP contribution is 2.28. The molecule has 0 bridgehead atoms. The lowest BCUT2D eigenvalue weighted by molar-refractivity contribution is 0.0587. The molecule has 7 heteroatoms. The third-order valence-electron chi connectivity index (χ3n) is 2.70. The lowest BCUT2D eigenvalue weighted by Crippen LogP contribution is -2.06. The smallest absolute Gasteiger partial charge is 0.340 e. The van der Waals surface area contributed by atoms with Crippen LogP contribution in [0.2, 0.25) is 5.15 Å². The zero-order valence-electron chi connectivity index (χ0n) is 10.2. The van der Waals surface area contributed by atoms with Crippen LogP contribution < -0.4 is 0 Å². The van der Waals surface area contributed by atoms with Gasteiger partial charge in [0.1, 0.15) is 23.4 Å². The lowest BCUT2D eigenvalue weighted by Gasteiger charge is -2.11. The van der Waals surface area contributed by atoms with E-state index in [4.69, 9.17) is 21.1 Å². The van der Waals surface area contributed by atoms with E-state index in [2.05, 4.69) is 9.97 Å². The van der Waals surface area contributed by atoms with Gasteiger partial charge in [0, 0.05) is 13.3 Å². The predicted octanol–water partition coefficient (Wildman–Crippen LogP) is 2.04. The first-order valence-corrected chi connectivity index (χ1v) is 5.60. The molecule has 0 aliphatic heterocycles. The fourth-order valence-electron chi connectivity index (χ4n) is 1.70. The summed E-state index contributed by atoms with van der Waals surface area (Å²) in [5.74, 6) is -0.487. The summed E-state index contributed by atoms with van der Waals surface area (Å²) in [6.45, 7) is 1.83. The van der Waals surface area contributed by atoms with Crippen molar-refractivity contribution in [3.63, 3.8) is 0 Å². The molecule has 0 N–H and O–H groups in total. The molecule has 2 rings (SSSR count). The third kappa shape index (κ3) is 1.93. The highest BCUT2D eigenvalue weighted by atomic mass is 35.5. The number of ether oxygens (including phenoxy) is 2. The second-order valence-electron chi connectivity index (χ2n) is 3.64. The van der Waals surface area contributed by atoms with Crippen molar-refractivity contribution in [1.29, 1.82) is 0 Å². The molecule has 0 saturated carbocycles. The standard InChI is InChI=1S/C11H12ClN3O3/c1-6(17-2)15-4-7(11(16)18-3)8-9(12)13-5-14-10(8)15/h4-6H,1-3H3/t6-/m1/s1. The van der Waals surface area contributed by atoms with Crippen molar-refractivity contribution in [3.05, 3.63) is 23.2 Å². The molecule has 96 valence electrons. The zero-order chi connectivity index (χ0) is 13.3. The molecule has 0 aromatic carbocycles. The van der Waals surface area contributed by atoms with Gasteiger partial charge in [-0.25, -0.2) is 14.8 Å². The van der Waals surface area contributed by atoms with E-state index in [1.807, 2.05) is 6.92 Å². The number of rotatable bonds is 3. The predicted molar refractivity (Wildman–Crippen MR) is 65.6 cm³/mol. The average Bonchev–Trinajstić information content (AvgIpc) is 2.78. The quantitative estimate of drug-likeness (QED) is 0.630.